The maximum absolute atomic E-state index is 12.0. The number of amides is 1. The highest BCUT2D eigenvalue weighted by molar-refractivity contribution is 5.79. The van der Waals surface area contributed by atoms with Gasteiger partial charge in [0.1, 0.15) is 11.6 Å². The molecule has 1 aromatic carbocycles. The third kappa shape index (κ3) is 2.71. The number of carbonyl (C=O) groups is 1. The van der Waals surface area contributed by atoms with Crippen LogP contribution in [0.1, 0.15) is 32.0 Å². The summed E-state index contributed by atoms with van der Waals surface area (Å²) in [6.07, 6.45) is 2.37. The van der Waals surface area contributed by atoms with E-state index in [0.717, 1.165) is 29.4 Å². The molecule has 0 bridgehead atoms. The van der Waals surface area contributed by atoms with Crippen LogP contribution in [-0.2, 0) is 4.79 Å². The van der Waals surface area contributed by atoms with E-state index in [1.165, 1.54) is 0 Å². The molecule has 1 N–H and O–H groups in total. The summed E-state index contributed by atoms with van der Waals surface area (Å²) in [4.78, 5) is 21.8. The molecule has 0 saturated carbocycles. The predicted molar refractivity (Wildman–Crippen MR) is 84.8 cm³/mol. The molecule has 5 nitrogen and oxygen atoms in total. The topological polar surface area (TPSA) is 58.2 Å². The summed E-state index contributed by atoms with van der Waals surface area (Å²) in [6.45, 7) is 4.84. The molecule has 1 aliphatic rings. The highest BCUT2D eigenvalue weighted by atomic mass is 16.5. The number of carbonyl (C=O) groups excluding carboxylic acids is 1. The van der Waals surface area contributed by atoms with E-state index >= 15 is 0 Å². The summed E-state index contributed by atoms with van der Waals surface area (Å²) in [5, 5.41) is 0. The molecule has 1 amide bonds. The molecule has 1 fully saturated rings. The Hall–Kier alpha value is -2.30. The van der Waals surface area contributed by atoms with Gasteiger partial charge in [-0.15, -0.1) is 0 Å². The molecule has 22 heavy (non-hydrogen) atoms. The maximum atomic E-state index is 12.0. The lowest BCUT2D eigenvalue weighted by Gasteiger charge is -2.20. The predicted octanol–water partition coefficient (Wildman–Crippen LogP) is 2.81. The molecule has 1 atom stereocenters. The van der Waals surface area contributed by atoms with Crippen LogP contribution in [0.4, 0.5) is 0 Å². The lowest BCUT2D eigenvalue weighted by Crippen LogP contribution is -2.31. The Morgan fingerprint density at radius 3 is 2.64 bits per heavy atom. The number of benzene rings is 1. The first-order chi connectivity index (χ1) is 10.6. The number of hydrogen-bond donors (Lipinski definition) is 1. The van der Waals surface area contributed by atoms with Gasteiger partial charge in [-0.2, -0.15) is 0 Å². The molecule has 0 aliphatic carbocycles. The zero-order valence-corrected chi connectivity index (χ0v) is 13.2. The zero-order valence-electron chi connectivity index (χ0n) is 13.2. The largest absolute Gasteiger partial charge is 0.497 e. The van der Waals surface area contributed by atoms with Crippen LogP contribution in [0, 0.1) is 0 Å². The molecule has 0 radical (unpaired) electrons. The summed E-state index contributed by atoms with van der Waals surface area (Å²) in [5.74, 6) is 2.09. The second-order valence-electron chi connectivity index (χ2n) is 5.95. The van der Waals surface area contributed by atoms with Crippen LogP contribution in [-0.4, -0.2) is 40.5 Å². The Labute approximate surface area is 130 Å². The van der Waals surface area contributed by atoms with Gasteiger partial charge in [0.2, 0.25) is 5.91 Å². The van der Waals surface area contributed by atoms with Gasteiger partial charge in [-0.05, 0) is 43.7 Å². The van der Waals surface area contributed by atoms with E-state index < -0.39 is 0 Å². The van der Waals surface area contributed by atoms with Crippen molar-refractivity contribution in [2.45, 2.75) is 32.2 Å². The van der Waals surface area contributed by atoms with Crippen molar-refractivity contribution in [3.8, 4) is 17.0 Å². The first-order valence-corrected chi connectivity index (χ1v) is 7.57. The summed E-state index contributed by atoms with van der Waals surface area (Å²) in [6, 6.07) is 8.09. The number of likely N-dealkylation sites (tertiary alicyclic amines) is 1. The minimum Gasteiger partial charge on any atom is -0.497 e. The van der Waals surface area contributed by atoms with E-state index in [2.05, 4.69) is 9.97 Å². The summed E-state index contributed by atoms with van der Waals surface area (Å²) >= 11 is 0. The quantitative estimate of drug-likeness (QED) is 0.944. The number of H-pyrrole nitrogens is 1. The van der Waals surface area contributed by atoms with Crippen molar-refractivity contribution in [1.82, 2.24) is 14.9 Å². The first-order valence-electron chi connectivity index (χ1n) is 7.57. The van der Waals surface area contributed by atoms with Gasteiger partial charge >= 0.3 is 0 Å². The van der Waals surface area contributed by atoms with Crippen LogP contribution < -0.4 is 4.74 Å². The number of nitrogens with zero attached hydrogens (tertiary/aromatic N) is 2. The number of hydrogen-bond acceptors (Lipinski definition) is 3. The molecule has 2 aromatic rings. The van der Waals surface area contributed by atoms with Gasteiger partial charge in [0.05, 0.1) is 19.0 Å². The normalized spacial score (nSPS) is 18.3. The van der Waals surface area contributed by atoms with Gasteiger partial charge in [-0.3, -0.25) is 4.79 Å². The van der Waals surface area contributed by atoms with Crippen LogP contribution in [0.2, 0.25) is 0 Å². The van der Waals surface area contributed by atoms with Crippen molar-refractivity contribution in [3.05, 3.63) is 36.3 Å². The van der Waals surface area contributed by atoms with E-state index in [9.17, 15) is 4.79 Å². The monoisotopic (exact) mass is 299 g/mol. The Morgan fingerprint density at radius 1 is 1.32 bits per heavy atom. The third-order valence-corrected chi connectivity index (χ3v) is 4.16. The van der Waals surface area contributed by atoms with Gasteiger partial charge < -0.3 is 14.6 Å². The van der Waals surface area contributed by atoms with Gasteiger partial charge in [0.25, 0.3) is 0 Å². The minimum absolute atomic E-state index is 0.155. The Bertz CT molecular complexity index is 661. The molecule has 5 heteroatoms. The number of nitrogens with one attached hydrogen (secondary N) is 1. The molecule has 0 spiro atoms. The number of aromatic amines is 1. The van der Waals surface area contributed by atoms with Gasteiger partial charge in [0.15, 0.2) is 0 Å². The van der Waals surface area contributed by atoms with E-state index in [4.69, 9.17) is 4.74 Å². The van der Waals surface area contributed by atoms with Crippen LogP contribution in [0.25, 0.3) is 11.3 Å². The van der Waals surface area contributed by atoms with Crippen molar-refractivity contribution in [2.24, 2.45) is 0 Å². The number of ether oxygens (including phenoxy) is 1. The highest BCUT2D eigenvalue weighted by Crippen LogP contribution is 2.29. The number of imidazole rings is 1. The van der Waals surface area contributed by atoms with Gasteiger partial charge in [-0.1, -0.05) is 0 Å². The van der Waals surface area contributed by atoms with E-state index in [1.807, 2.05) is 49.2 Å². The van der Waals surface area contributed by atoms with Gasteiger partial charge in [-0.25, -0.2) is 4.98 Å². The number of rotatable bonds is 4. The number of methoxy groups -OCH3 is 1. The summed E-state index contributed by atoms with van der Waals surface area (Å²) in [5.41, 5.74) is 2.03. The van der Waals surface area contributed by atoms with Crippen LogP contribution >= 0.6 is 0 Å². The third-order valence-electron chi connectivity index (χ3n) is 4.16. The summed E-state index contributed by atoms with van der Waals surface area (Å²) in [7, 11) is 1.65. The van der Waals surface area contributed by atoms with E-state index in [-0.39, 0.29) is 17.9 Å². The fourth-order valence-corrected chi connectivity index (χ4v) is 2.88. The second-order valence-corrected chi connectivity index (χ2v) is 5.95. The zero-order chi connectivity index (χ0) is 15.7. The Morgan fingerprint density at radius 2 is 2.05 bits per heavy atom. The van der Waals surface area contributed by atoms with E-state index in [1.54, 1.807) is 7.11 Å². The standard InChI is InChI=1S/C17H21N3O2/c1-11(2)20-10-13(8-16(20)21)17-18-9-15(19-17)12-4-6-14(22-3)7-5-12/h4-7,9,11,13H,8,10H2,1-3H3,(H,18,19)/t13-/m0/s1. The Kier molecular flexibility index (Phi) is 3.88. The van der Waals surface area contributed by atoms with Crippen LogP contribution in [0.3, 0.4) is 0 Å². The molecule has 2 heterocycles. The second kappa shape index (κ2) is 5.83. The summed E-state index contributed by atoms with van der Waals surface area (Å²) < 4.78 is 5.17. The average Bonchev–Trinajstić information content (AvgIpc) is 3.14. The van der Waals surface area contributed by atoms with Crippen molar-refractivity contribution >= 4 is 5.91 Å². The fourth-order valence-electron chi connectivity index (χ4n) is 2.88. The molecular formula is C17H21N3O2. The van der Waals surface area contributed by atoms with Crippen LogP contribution in [0.5, 0.6) is 5.75 Å². The first kappa shape index (κ1) is 14.6. The molecule has 1 saturated heterocycles. The average molecular weight is 299 g/mol. The fraction of sp³-hybridized carbons (Fsp3) is 0.412. The molecular weight excluding hydrogens is 278 g/mol. The van der Waals surface area contributed by atoms with Crippen LogP contribution in [0.15, 0.2) is 30.5 Å². The molecule has 1 aromatic heterocycles. The molecule has 1 aliphatic heterocycles. The maximum Gasteiger partial charge on any atom is 0.223 e. The van der Waals surface area contributed by atoms with Crippen molar-refractivity contribution < 1.29 is 9.53 Å². The van der Waals surface area contributed by atoms with E-state index in [0.29, 0.717) is 6.42 Å². The molecule has 3 rings (SSSR count). The smallest absolute Gasteiger partial charge is 0.223 e. The molecule has 0 unspecified atom stereocenters. The molecule has 116 valence electrons. The van der Waals surface area contributed by atoms with Crippen molar-refractivity contribution in [1.29, 1.82) is 0 Å². The van der Waals surface area contributed by atoms with Crippen molar-refractivity contribution in [3.63, 3.8) is 0 Å². The Balaban J connectivity index is 1.78. The number of aromatic nitrogens is 2. The highest BCUT2D eigenvalue weighted by Gasteiger charge is 2.33. The van der Waals surface area contributed by atoms with Gasteiger partial charge in [0, 0.05) is 24.9 Å². The SMILES string of the molecule is COc1ccc(-c2cnc([C@H]3CC(=O)N(C(C)C)C3)[nH]2)cc1. The van der Waals surface area contributed by atoms with Crippen molar-refractivity contribution in [2.75, 3.05) is 13.7 Å². The lowest BCUT2D eigenvalue weighted by atomic mass is 10.1. The minimum atomic E-state index is 0.155. The lowest BCUT2D eigenvalue weighted by molar-refractivity contribution is -0.129.